The highest BCUT2D eigenvalue weighted by Gasteiger charge is 2.39. The number of aromatic nitrogens is 1. The largest absolute Gasteiger partial charge is 0.489 e. The lowest BCUT2D eigenvalue weighted by Gasteiger charge is -2.45. The molecule has 9 heteroatoms. The Kier molecular flexibility index (Phi) is 6.63. The number of benzene rings is 1. The molecule has 4 rings (SSSR count). The highest BCUT2D eigenvalue weighted by atomic mass is 32.2. The van der Waals surface area contributed by atoms with E-state index in [9.17, 15) is 18.0 Å². The summed E-state index contributed by atoms with van der Waals surface area (Å²) >= 11 is 1.30. The van der Waals surface area contributed by atoms with Crippen molar-refractivity contribution >= 4 is 33.5 Å². The van der Waals surface area contributed by atoms with Crippen molar-refractivity contribution in [2.24, 2.45) is 0 Å². The molecule has 0 bridgehead atoms. The highest BCUT2D eigenvalue weighted by molar-refractivity contribution is 8.15. The number of piperazine rings is 1. The Morgan fingerprint density at radius 2 is 1.82 bits per heavy atom. The van der Waals surface area contributed by atoms with Crippen molar-refractivity contribution in [2.75, 3.05) is 31.1 Å². The lowest BCUT2D eigenvalue weighted by atomic mass is 9.97. The number of nitrogens with zero attached hydrogens (tertiary/aromatic N) is 3. The first-order valence-corrected chi connectivity index (χ1v) is 12.3. The van der Waals surface area contributed by atoms with Crippen LogP contribution in [0.2, 0.25) is 0 Å². The SMILES string of the molecule is CC1=C(OC(C)(C)C(C)N2CCN(c3ccnc4cc(C(F)(F)F)ccc34)CC2)C(C)SC1=O. The molecule has 2 aromatic rings. The molecular weight excluding hydrogens is 463 g/mol. The van der Waals surface area contributed by atoms with E-state index in [4.69, 9.17) is 4.74 Å². The van der Waals surface area contributed by atoms with Crippen LogP contribution in [-0.2, 0) is 15.7 Å². The minimum absolute atomic E-state index is 0.0219. The van der Waals surface area contributed by atoms with Gasteiger partial charge >= 0.3 is 6.18 Å². The quantitative estimate of drug-likeness (QED) is 0.549. The van der Waals surface area contributed by atoms with E-state index in [1.54, 1.807) is 6.20 Å². The average Bonchev–Trinajstić information content (AvgIpc) is 3.03. The zero-order valence-electron chi connectivity index (χ0n) is 20.1. The van der Waals surface area contributed by atoms with E-state index in [0.717, 1.165) is 55.1 Å². The Hall–Kier alpha value is -2.26. The maximum atomic E-state index is 13.1. The lowest BCUT2D eigenvalue weighted by molar-refractivity contribution is -0.137. The van der Waals surface area contributed by atoms with Gasteiger partial charge in [0.25, 0.3) is 0 Å². The molecule has 0 saturated carbocycles. The van der Waals surface area contributed by atoms with Gasteiger partial charge in [-0.05, 0) is 52.8 Å². The summed E-state index contributed by atoms with van der Waals surface area (Å²) in [6.45, 7) is 13.1. The van der Waals surface area contributed by atoms with Crippen LogP contribution >= 0.6 is 11.8 Å². The Balaban J connectivity index is 1.46. The van der Waals surface area contributed by atoms with Gasteiger partial charge in [-0.3, -0.25) is 14.7 Å². The molecule has 2 atom stereocenters. The Bertz CT molecular complexity index is 1120. The fraction of sp³-hybridized carbons (Fsp3) is 0.520. The minimum atomic E-state index is -4.39. The van der Waals surface area contributed by atoms with E-state index in [1.165, 1.54) is 17.8 Å². The fourth-order valence-electron chi connectivity index (χ4n) is 4.61. The van der Waals surface area contributed by atoms with Gasteiger partial charge in [-0.25, -0.2) is 0 Å². The number of thioether (sulfide) groups is 1. The van der Waals surface area contributed by atoms with Gasteiger partial charge in [0, 0.05) is 55.1 Å². The molecule has 184 valence electrons. The summed E-state index contributed by atoms with van der Waals surface area (Å²) in [5, 5.41) is 0.820. The molecule has 0 radical (unpaired) electrons. The standard InChI is InChI=1S/C25H30F3N3O2S/c1-15-22(16(2)34-23(15)32)33-24(4,5)17(3)30-10-12-31(13-11-30)21-8-9-29-20-14-18(25(26,27)28)6-7-19(20)21/h6-9,14,16-17H,10-13H2,1-5H3. The molecule has 5 nitrogen and oxygen atoms in total. The zero-order chi connectivity index (χ0) is 24.8. The molecule has 2 aliphatic heterocycles. The van der Waals surface area contributed by atoms with Gasteiger partial charge in [-0.15, -0.1) is 0 Å². The number of alkyl halides is 3. The van der Waals surface area contributed by atoms with Crippen LogP contribution in [0.5, 0.6) is 0 Å². The van der Waals surface area contributed by atoms with Crippen LogP contribution in [0.15, 0.2) is 41.8 Å². The third-order valence-corrected chi connectivity index (χ3v) is 8.05. The molecular formula is C25H30F3N3O2S. The van der Waals surface area contributed by atoms with Crippen LogP contribution < -0.4 is 4.90 Å². The third kappa shape index (κ3) is 4.77. The summed E-state index contributed by atoms with van der Waals surface area (Å²) < 4.78 is 45.7. The van der Waals surface area contributed by atoms with Crippen LogP contribution in [0.4, 0.5) is 18.9 Å². The Labute approximate surface area is 202 Å². The summed E-state index contributed by atoms with van der Waals surface area (Å²) in [5.41, 5.74) is 0.765. The predicted octanol–water partition coefficient (Wildman–Crippen LogP) is 5.50. The maximum Gasteiger partial charge on any atom is 0.416 e. The molecule has 1 saturated heterocycles. The Morgan fingerprint density at radius 3 is 2.41 bits per heavy atom. The number of fused-ring (bicyclic) bond motifs is 1. The van der Waals surface area contributed by atoms with Crippen LogP contribution in [0, 0.1) is 0 Å². The second kappa shape index (κ2) is 9.07. The third-order valence-electron chi connectivity index (χ3n) is 6.96. The van der Waals surface area contributed by atoms with Crippen LogP contribution in [-0.4, -0.2) is 58.1 Å². The maximum absolute atomic E-state index is 13.1. The van der Waals surface area contributed by atoms with Gasteiger partial charge in [0.1, 0.15) is 11.4 Å². The van der Waals surface area contributed by atoms with E-state index in [0.29, 0.717) is 11.1 Å². The first-order valence-electron chi connectivity index (χ1n) is 11.4. The van der Waals surface area contributed by atoms with Gasteiger partial charge < -0.3 is 9.64 Å². The molecule has 1 aromatic carbocycles. The first-order chi connectivity index (χ1) is 15.9. The van der Waals surface area contributed by atoms with Crippen molar-refractivity contribution in [1.29, 1.82) is 0 Å². The molecule has 0 amide bonds. The van der Waals surface area contributed by atoms with Crippen molar-refractivity contribution in [3.05, 3.63) is 47.4 Å². The van der Waals surface area contributed by atoms with E-state index in [2.05, 4.69) is 35.6 Å². The molecule has 0 aliphatic carbocycles. The van der Waals surface area contributed by atoms with Gasteiger partial charge in [-0.1, -0.05) is 17.8 Å². The van der Waals surface area contributed by atoms with E-state index >= 15 is 0 Å². The van der Waals surface area contributed by atoms with Crippen molar-refractivity contribution < 1.29 is 22.7 Å². The van der Waals surface area contributed by atoms with Crippen molar-refractivity contribution in [3.8, 4) is 0 Å². The molecule has 2 aliphatic rings. The highest BCUT2D eigenvalue weighted by Crippen LogP contribution is 2.38. The van der Waals surface area contributed by atoms with Crippen molar-refractivity contribution in [3.63, 3.8) is 0 Å². The van der Waals surface area contributed by atoms with Gasteiger partial charge in [0.15, 0.2) is 0 Å². The van der Waals surface area contributed by atoms with Crippen molar-refractivity contribution in [2.45, 2.75) is 57.7 Å². The summed E-state index contributed by atoms with van der Waals surface area (Å²) in [7, 11) is 0. The smallest absolute Gasteiger partial charge is 0.416 e. The number of rotatable bonds is 5. The van der Waals surface area contributed by atoms with Crippen LogP contribution in [0.1, 0.15) is 40.2 Å². The summed E-state index contributed by atoms with van der Waals surface area (Å²) in [6, 6.07) is 5.72. The van der Waals surface area contributed by atoms with Gasteiger partial charge in [0.05, 0.1) is 16.3 Å². The number of carbonyl (C=O) groups excluding carboxylic acids is 1. The molecule has 1 fully saturated rings. The topological polar surface area (TPSA) is 45.7 Å². The molecule has 2 unspecified atom stereocenters. The average molecular weight is 494 g/mol. The lowest BCUT2D eigenvalue weighted by Crippen LogP contribution is -2.56. The van der Waals surface area contributed by atoms with Crippen LogP contribution in [0.3, 0.4) is 0 Å². The minimum Gasteiger partial charge on any atom is -0.489 e. The van der Waals surface area contributed by atoms with Gasteiger partial charge in [-0.2, -0.15) is 13.2 Å². The molecule has 1 aromatic heterocycles. The number of hydrogen-bond donors (Lipinski definition) is 0. The van der Waals surface area contributed by atoms with E-state index in [1.807, 2.05) is 19.9 Å². The summed E-state index contributed by atoms with van der Waals surface area (Å²) in [4.78, 5) is 20.8. The normalized spacial score (nSPS) is 21.5. The first kappa shape index (κ1) is 24.9. The number of pyridine rings is 1. The molecule has 34 heavy (non-hydrogen) atoms. The van der Waals surface area contributed by atoms with Crippen LogP contribution in [0.25, 0.3) is 10.9 Å². The van der Waals surface area contributed by atoms with E-state index in [-0.39, 0.29) is 16.4 Å². The summed E-state index contributed by atoms with van der Waals surface area (Å²) in [5.74, 6) is 0.770. The van der Waals surface area contributed by atoms with Gasteiger partial charge in [0.2, 0.25) is 5.12 Å². The number of hydrogen-bond acceptors (Lipinski definition) is 6. The number of halogens is 3. The second-order valence-corrected chi connectivity index (χ2v) is 10.8. The second-order valence-electron chi connectivity index (χ2n) is 9.50. The molecule has 0 N–H and O–H groups in total. The fourth-order valence-corrected chi connectivity index (χ4v) is 5.54. The predicted molar refractivity (Wildman–Crippen MR) is 130 cm³/mol. The number of carbonyl (C=O) groups is 1. The molecule has 3 heterocycles. The Morgan fingerprint density at radius 1 is 1.15 bits per heavy atom. The number of ether oxygens (including phenoxy) is 1. The zero-order valence-corrected chi connectivity index (χ0v) is 20.9. The monoisotopic (exact) mass is 493 g/mol. The van der Waals surface area contributed by atoms with Crippen molar-refractivity contribution in [1.82, 2.24) is 9.88 Å². The van der Waals surface area contributed by atoms with E-state index < -0.39 is 17.3 Å². The summed E-state index contributed by atoms with van der Waals surface area (Å²) in [6.07, 6.45) is -2.82. The molecule has 0 spiro atoms. The number of anilines is 1.